The number of nitrogens with two attached hydrogens (primary N) is 1. The molecule has 0 bridgehead atoms. The zero-order valence-electron chi connectivity index (χ0n) is 14.8. The number of hydrogen-bond donors (Lipinski definition) is 1. The van der Waals surface area contributed by atoms with E-state index < -0.39 is 17.0 Å². The molecule has 0 unspecified atom stereocenters. The van der Waals surface area contributed by atoms with Crippen LogP contribution in [0.15, 0.2) is 38.6 Å². The van der Waals surface area contributed by atoms with E-state index in [-0.39, 0.29) is 17.1 Å². The van der Waals surface area contributed by atoms with Crippen LogP contribution < -0.4 is 17.0 Å². The summed E-state index contributed by atoms with van der Waals surface area (Å²) in [4.78, 5) is 37.9. The van der Waals surface area contributed by atoms with E-state index in [1.165, 1.54) is 30.7 Å². The molecule has 0 spiro atoms. The van der Waals surface area contributed by atoms with Crippen molar-refractivity contribution in [3.05, 3.63) is 55.1 Å². The van der Waals surface area contributed by atoms with Crippen LogP contribution in [-0.2, 0) is 27.1 Å². The second-order valence-electron chi connectivity index (χ2n) is 5.81. The number of aryl methyl sites for hydroxylation is 2. The average molecular weight is 406 g/mol. The van der Waals surface area contributed by atoms with Crippen molar-refractivity contribution in [1.29, 1.82) is 0 Å². The highest BCUT2D eigenvalue weighted by Crippen LogP contribution is 2.18. The van der Waals surface area contributed by atoms with Gasteiger partial charge in [0.05, 0.1) is 5.75 Å². The molecule has 9 nitrogen and oxygen atoms in total. The van der Waals surface area contributed by atoms with Crippen molar-refractivity contribution in [3.8, 4) is 0 Å². The molecule has 0 radical (unpaired) electrons. The number of aromatic nitrogens is 5. The predicted octanol–water partition coefficient (Wildman–Crippen LogP) is 0.537. The van der Waals surface area contributed by atoms with Crippen molar-refractivity contribution in [1.82, 2.24) is 23.9 Å². The van der Waals surface area contributed by atoms with Crippen LogP contribution in [0, 0.1) is 0 Å². The van der Waals surface area contributed by atoms with E-state index in [1.54, 1.807) is 17.7 Å². The Morgan fingerprint density at radius 1 is 1.30 bits per heavy atom. The number of thioether (sulfide) groups is 1. The first-order valence-corrected chi connectivity index (χ1v) is 9.88. The van der Waals surface area contributed by atoms with E-state index in [2.05, 4.69) is 16.3 Å². The first-order valence-electron chi connectivity index (χ1n) is 8.01. The van der Waals surface area contributed by atoms with Gasteiger partial charge in [0.15, 0.2) is 10.9 Å². The summed E-state index contributed by atoms with van der Waals surface area (Å²) in [7, 11) is 2.73. The van der Waals surface area contributed by atoms with Crippen LogP contribution in [0.25, 0.3) is 0 Å². The molecule has 0 atom stereocenters. The van der Waals surface area contributed by atoms with Crippen LogP contribution in [0.2, 0.25) is 0 Å². The molecule has 0 fully saturated rings. The maximum absolute atomic E-state index is 12.6. The smallest absolute Gasteiger partial charge is 0.332 e. The molecule has 0 aliphatic rings. The summed E-state index contributed by atoms with van der Waals surface area (Å²) in [6, 6.07) is 4.06. The Hall–Kier alpha value is -2.66. The molecule has 142 valence electrons. The van der Waals surface area contributed by atoms with Crippen molar-refractivity contribution >= 4 is 34.7 Å². The molecule has 0 saturated heterocycles. The van der Waals surface area contributed by atoms with Crippen LogP contribution in [0.3, 0.4) is 0 Å². The third kappa shape index (κ3) is 3.88. The van der Waals surface area contributed by atoms with Gasteiger partial charge in [0.25, 0.3) is 5.56 Å². The van der Waals surface area contributed by atoms with Crippen molar-refractivity contribution < 1.29 is 4.79 Å². The Kier molecular flexibility index (Phi) is 5.61. The van der Waals surface area contributed by atoms with Crippen molar-refractivity contribution in [2.24, 2.45) is 14.1 Å². The first-order chi connectivity index (χ1) is 12.9. The largest absolute Gasteiger partial charge is 0.384 e. The average Bonchev–Trinajstić information content (AvgIpc) is 3.33. The number of nitrogen functional groups attached to an aromatic ring is 1. The van der Waals surface area contributed by atoms with Crippen LogP contribution in [0.1, 0.15) is 15.2 Å². The van der Waals surface area contributed by atoms with E-state index in [4.69, 9.17) is 5.73 Å². The monoisotopic (exact) mass is 406 g/mol. The minimum atomic E-state index is -0.694. The van der Waals surface area contributed by atoms with Crippen LogP contribution in [0.5, 0.6) is 0 Å². The molecule has 0 aromatic carbocycles. The van der Waals surface area contributed by atoms with E-state index in [0.29, 0.717) is 11.7 Å². The number of carbonyl (C=O) groups excluding carboxylic acids is 1. The van der Waals surface area contributed by atoms with Crippen LogP contribution >= 0.6 is 23.1 Å². The molecule has 0 aliphatic heterocycles. The second kappa shape index (κ2) is 7.92. The van der Waals surface area contributed by atoms with Gasteiger partial charge in [-0.25, -0.2) is 4.79 Å². The molecule has 27 heavy (non-hydrogen) atoms. The molecule has 2 N–H and O–H groups in total. The highest BCUT2D eigenvalue weighted by molar-refractivity contribution is 7.99. The molecular weight excluding hydrogens is 388 g/mol. The Morgan fingerprint density at radius 2 is 2.07 bits per heavy atom. The number of rotatable bonds is 7. The summed E-state index contributed by atoms with van der Waals surface area (Å²) >= 11 is 2.86. The van der Waals surface area contributed by atoms with Gasteiger partial charge in [0, 0.05) is 25.5 Å². The Bertz CT molecular complexity index is 1080. The molecule has 3 rings (SSSR count). The Labute approximate surface area is 162 Å². The lowest BCUT2D eigenvalue weighted by molar-refractivity contribution is 0.102. The summed E-state index contributed by atoms with van der Waals surface area (Å²) in [6.45, 7) is 0.688. The van der Waals surface area contributed by atoms with Gasteiger partial charge in [-0.3, -0.25) is 18.7 Å². The van der Waals surface area contributed by atoms with Crippen molar-refractivity contribution in [3.63, 3.8) is 0 Å². The number of thiophene rings is 1. The number of Topliss-reactive ketones (excluding diaryl/α,β-unsaturated/α-hetero) is 1. The number of ketones is 1. The van der Waals surface area contributed by atoms with Gasteiger partial charge in [-0.05, 0) is 17.9 Å². The summed E-state index contributed by atoms with van der Waals surface area (Å²) in [6.07, 6.45) is 2.45. The molecule has 3 aromatic rings. The van der Waals surface area contributed by atoms with Crippen molar-refractivity contribution in [2.75, 3.05) is 11.5 Å². The zero-order chi connectivity index (χ0) is 19.6. The van der Waals surface area contributed by atoms with Gasteiger partial charge < -0.3 is 10.3 Å². The van der Waals surface area contributed by atoms with Gasteiger partial charge in [-0.2, -0.15) is 0 Å². The van der Waals surface area contributed by atoms with Gasteiger partial charge in [-0.15, -0.1) is 21.5 Å². The lowest BCUT2D eigenvalue weighted by Crippen LogP contribution is -2.41. The minimum absolute atomic E-state index is 0.0324. The van der Waals surface area contributed by atoms with Gasteiger partial charge in [0.1, 0.15) is 17.7 Å². The molecule has 0 saturated carbocycles. The van der Waals surface area contributed by atoms with E-state index in [1.807, 2.05) is 16.0 Å². The fraction of sp³-hybridized carbons (Fsp3) is 0.312. The third-order valence-corrected chi connectivity index (χ3v) is 6.00. The van der Waals surface area contributed by atoms with Crippen molar-refractivity contribution in [2.45, 2.75) is 18.1 Å². The molecule has 3 aromatic heterocycles. The third-order valence-electron chi connectivity index (χ3n) is 4.08. The number of nitrogens with zero attached hydrogens (tertiary/aromatic N) is 5. The fourth-order valence-electron chi connectivity index (χ4n) is 2.52. The maximum Gasteiger partial charge on any atom is 0.332 e. The number of hydrogen-bond acceptors (Lipinski definition) is 8. The summed E-state index contributed by atoms with van der Waals surface area (Å²) in [5, 5.41) is 10.5. The zero-order valence-corrected chi connectivity index (χ0v) is 16.4. The van der Waals surface area contributed by atoms with E-state index in [9.17, 15) is 14.4 Å². The Morgan fingerprint density at radius 3 is 2.78 bits per heavy atom. The molecule has 11 heteroatoms. The maximum atomic E-state index is 12.6. The van der Waals surface area contributed by atoms with Gasteiger partial charge in [0.2, 0.25) is 0 Å². The molecule has 3 heterocycles. The van der Waals surface area contributed by atoms with E-state index >= 15 is 0 Å². The highest BCUT2D eigenvalue weighted by Gasteiger charge is 2.21. The quantitative estimate of drug-likeness (QED) is 0.449. The standard InChI is InChI=1S/C16H18N6O3S2/c1-20-13(17)12(14(24)21(2)16(20)25)11(23)8-27-15-19-18-9-22(15)6-5-10-4-3-7-26-10/h3-4,7,9H,5-6,8,17H2,1-2H3. The predicted molar refractivity (Wildman–Crippen MR) is 104 cm³/mol. The van der Waals surface area contributed by atoms with Crippen LogP contribution in [0.4, 0.5) is 5.82 Å². The first kappa shape index (κ1) is 19.1. The van der Waals surface area contributed by atoms with Gasteiger partial charge in [-0.1, -0.05) is 17.8 Å². The second-order valence-corrected chi connectivity index (χ2v) is 7.79. The summed E-state index contributed by atoms with van der Waals surface area (Å²) in [5.74, 6) is -0.621. The number of anilines is 1. The van der Waals surface area contributed by atoms with E-state index in [0.717, 1.165) is 15.6 Å². The summed E-state index contributed by atoms with van der Waals surface area (Å²) < 4.78 is 3.82. The highest BCUT2D eigenvalue weighted by atomic mass is 32.2. The molecule has 0 aliphatic carbocycles. The number of carbonyl (C=O) groups is 1. The lowest BCUT2D eigenvalue weighted by Gasteiger charge is -2.10. The van der Waals surface area contributed by atoms with Crippen LogP contribution in [-0.4, -0.2) is 35.4 Å². The molecule has 0 amide bonds. The normalized spacial score (nSPS) is 11.0. The fourth-order valence-corrected chi connectivity index (χ4v) is 4.03. The lowest BCUT2D eigenvalue weighted by atomic mass is 10.2. The topological polar surface area (TPSA) is 118 Å². The van der Waals surface area contributed by atoms with Gasteiger partial charge >= 0.3 is 5.69 Å². The molecular formula is C16H18N6O3S2. The summed E-state index contributed by atoms with van der Waals surface area (Å²) in [5.41, 5.74) is 4.37. The SMILES string of the molecule is Cn1c(N)c(C(=O)CSc2nncn2CCc2cccs2)c(=O)n(C)c1=O. The Balaban J connectivity index is 1.73. The minimum Gasteiger partial charge on any atom is -0.384 e.